The van der Waals surface area contributed by atoms with E-state index >= 15 is 0 Å². The van der Waals surface area contributed by atoms with Gasteiger partial charge in [-0.15, -0.1) is 23.5 Å². The number of nitrogens with zero attached hydrogens (tertiary/aromatic N) is 1. The molecule has 4 aromatic carbocycles. The van der Waals surface area contributed by atoms with Gasteiger partial charge in [0.25, 0.3) is 0 Å². The van der Waals surface area contributed by atoms with Crippen LogP contribution in [0.2, 0.25) is 0 Å². The van der Waals surface area contributed by atoms with E-state index in [4.69, 9.17) is 4.74 Å². The number of ether oxygens (including phenoxy) is 1. The summed E-state index contributed by atoms with van der Waals surface area (Å²) in [6.45, 7) is 1.02. The summed E-state index contributed by atoms with van der Waals surface area (Å²) < 4.78 is 5.73. The van der Waals surface area contributed by atoms with E-state index in [1.54, 1.807) is 7.11 Å². The topological polar surface area (TPSA) is 12.5 Å². The van der Waals surface area contributed by atoms with Crippen LogP contribution in [-0.4, -0.2) is 24.3 Å². The molecule has 0 bridgehead atoms. The quantitative estimate of drug-likeness (QED) is 0.195. The normalized spacial score (nSPS) is 17.6. The molecular weight excluding hydrogens is 442 g/mol. The van der Waals surface area contributed by atoms with E-state index < -0.39 is 0 Å². The molecule has 1 saturated heterocycles. The largest absolute Gasteiger partial charge is 0.497 e. The Morgan fingerprint density at radius 1 is 0.697 bits per heavy atom. The van der Waals surface area contributed by atoms with Gasteiger partial charge in [0, 0.05) is 27.9 Å². The summed E-state index contributed by atoms with van der Waals surface area (Å²) in [4.78, 5) is 5.17. The summed E-state index contributed by atoms with van der Waals surface area (Å²) in [7, 11) is 1.72. The summed E-state index contributed by atoms with van der Waals surface area (Å²) in [5.74, 6) is 1.37. The highest BCUT2D eigenvalue weighted by molar-refractivity contribution is 8.17. The van der Waals surface area contributed by atoms with Crippen LogP contribution < -0.4 is 9.64 Å². The van der Waals surface area contributed by atoms with Crippen LogP contribution in [0.5, 0.6) is 5.75 Å². The van der Waals surface area contributed by atoms with Crippen LogP contribution in [0, 0.1) is 0 Å². The molecule has 1 aliphatic heterocycles. The first-order chi connectivity index (χ1) is 16.3. The lowest BCUT2D eigenvalue weighted by molar-refractivity contribution is 0.400. The fourth-order valence-electron chi connectivity index (χ4n) is 4.34. The number of hydrogen-bond acceptors (Lipinski definition) is 4. The second-order valence-corrected chi connectivity index (χ2v) is 10.8. The fourth-order valence-corrected chi connectivity index (χ4v) is 7.32. The molecule has 0 radical (unpaired) electrons. The van der Waals surface area contributed by atoms with Gasteiger partial charge in [0.05, 0.1) is 17.7 Å². The molecule has 0 unspecified atom stereocenters. The van der Waals surface area contributed by atoms with E-state index in [1.807, 2.05) is 23.5 Å². The number of benzene rings is 4. The molecule has 1 fully saturated rings. The number of hydrogen-bond donors (Lipinski definition) is 0. The Morgan fingerprint density at radius 2 is 1.21 bits per heavy atom. The van der Waals surface area contributed by atoms with Crippen molar-refractivity contribution >= 4 is 29.2 Å². The maximum atomic E-state index is 5.40. The van der Waals surface area contributed by atoms with E-state index in [1.165, 1.54) is 21.0 Å². The third kappa shape index (κ3) is 5.07. The Labute approximate surface area is 205 Å². The van der Waals surface area contributed by atoms with Gasteiger partial charge in [0.1, 0.15) is 5.75 Å². The van der Waals surface area contributed by atoms with Gasteiger partial charge in [-0.05, 0) is 54.1 Å². The van der Waals surface area contributed by atoms with Gasteiger partial charge < -0.3 is 9.64 Å². The van der Waals surface area contributed by atoms with Crippen molar-refractivity contribution in [3.05, 3.63) is 121 Å². The first kappa shape index (κ1) is 22.0. The molecule has 33 heavy (non-hydrogen) atoms. The highest BCUT2D eigenvalue weighted by Crippen LogP contribution is 2.49. The number of thioether (sulfide) groups is 2. The van der Waals surface area contributed by atoms with Crippen LogP contribution in [0.3, 0.4) is 0 Å². The second-order valence-electron chi connectivity index (χ2n) is 8.09. The lowest BCUT2D eigenvalue weighted by atomic mass is 9.83. The molecule has 1 heterocycles. The van der Waals surface area contributed by atoms with Crippen LogP contribution in [0.25, 0.3) is 0 Å². The van der Waals surface area contributed by atoms with E-state index in [0.717, 1.165) is 12.3 Å². The summed E-state index contributed by atoms with van der Waals surface area (Å²) >= 11 is 3.94. The summed E-state index contributed by atoms with van der Waals surface area (Å²) in [5, 5.41) is 0. The summed E-state index contributed by atoms with van der Waals surface area (Å²) in [6, 6.07) is 41.4. The zero-order chi connectivity index (χ0) is 22.5. The van der Waals surface area contributed by atoms with Crippen molar-refractivity contribution in [3.8, 4) is 5.75 Å². The molecule has 166 valence electrons. The van der Waals surface area contributed by atoms with Crippen molar-refractivity contribution in [3.63, 3.8) is 0 Å². The smallest absolute Gasteiger partial charge is 0.119 e. The lowest BCUT2D eigenvalue weighted by Crippen LogP contribution is -2.59. The molecule has 0 N–H and O–H groups in total. The minimum absolute atomic E-state index is 0.329. The zero-order valence-electron chi connectivity index (χ0n) is 18.6. The zero-order valence-corrected chi connectivity index (χ0v) is 20.2. The monoisotopic (exact) mass is 469 g/mol. The Bertz CT molecular complexity index is 1100. The van der Waals surface area contributed by atoms with Crippen LogP contribution in [-0.2, 0) is 0 Å². The minimum atomic E-state index is 0.329. The van der Waals surface area contributed by atoms with E-state index in [2.05, 4.69) is 120 Å². The average molecular weight is 470 g/mol. The molecule has 0 saturated carbocycles. The molecular formula is C29H27NOS2. The van der Waals surface area contributed by atoms with Crippen molar-refractivity contribution in [1.29, 1.82) is 0 Å². The van der Waals surface area contributed by atoms with Gasteiger partial charge in [-0.25, -0.2) is 0 Å². The molecule has 0 amide bonds. The molecule has 0 aliphatic carbocycles. The number of anilines is 1. The van der Waals surface area contributed by atoms with Crippen molar-refractivity contribution < 1.29 is 4.74 Å². The lowest BCUT2D eigenvalue weighted by Gasteiger charge is -2.53. The molecule has 0 spiro atoms. The van der Waals surface area contributed by atoms with Gasteiger partial charge in [-0.3, -0.25) is 0 Å². The van der Waals surface area contributed by atoms with Crippen LogP contribution in [0.15, 0.2) is 125 Å². The average Bonchev–Trinajstić information content (AvgIpc) is 2.86. The Morgan fingerprint density at radius 3 is 1.73 bits per heavy atom. The van der Waals surface area contributed by atoms with Gasteiger partial charge in [0.2, 0.25) is 0 Å². The number of methoxy groups -OCH3 is 1. The third-order valence-electron chi connectivity index (χ3n) is 6.07. The minimum Gasteiger partial charge on any atom is -0.497 e. The van der Waals surface area contributed by atoms with Gasteiger partial charge >= 0.3 is 0 Å². The molecule has 5 rings (SSSR count). The standard InChI is InChI=1S/C29H27NOS2/c1-31-24-19-17-23(18-20-24)30-21-27(22-11-5-2-6-12-22)28(30)29(32-25-13-7-3-8-14-25)33-26-15-9-4-10-16-26/h2-20,27-29H,21H2,1H3/t27-,28-/m1/s1. The fraction of sp³-hybridized carbons (Fsp3) is 0.172. The van der Waals surface area contributed by atoms with Crippen molar-refractivity contribution in [2.75, 3.05) is 18.6 Å². The third-order valence-corrected chi connectivity index (χ3v) is 8.76. The van der Waals surface area contributed by atoms with Crippen LogP contribution in [0.1, 0.15) is 11.5 Å². The molecule has 4 aromatic rings. The summed E-state index contributed by atoms with van der Waals surface area (Å²) in [5.41, 5.74) is 2.67. The van der Waals surface area contributed by atoms with E-state index in [-0.39, 0.29) is 0 Å². The maximum Gasteiger partial charge on any atom is 0.119 e. The van der Waals surface area contributed by atoms with Gasteiger partial charge in [0.15, 0.2) is 0 Å². The SMILES string of the molecule is COc1ccc(N2C[C@H](c3ccccc3)[C@@H]2C(Sc2ccccc2)Sc2ccccc2)cc1. The first-order valence-electron chi connectivity index (χ1n) is 11.2. The molecule has 2 atom stereocenters. The highest BCUT2D eigenvalue weighted by Gasteiger charge is 2.45. The molecule has 2 nitrogen and oxygen atoms in total. The molecule has 1 aliphatic rings. The maximum absolute atomic E-state index is 5.40. The van der Waals surface area contributed by atoms with Crippen molar-refractivity contribution in [2.24, 2.45) is 0 Å². The Hall–Kier alpha value is -2.82. The second kappa shape index (κ2) is 10.4. The van der Waals surface area contributed by atoms with Gasteiger partial charge in [-0.2, -0.15) is 0 Å². The summed E-state index contributed by atoms with van der Waals surface area (Å²) in [6.07, 6.45) is 0. The first-order valence-corrected chi connectivity index (χ1v) is 13.0. The van der Waals surface area contributed by atoms with E-state index in [9.17, 15) is 0 Å². The van der Waals surface area contributed by atoms with Crippen molar-refractivity contribution in [1.82, 2.24) is 0 Å². The Kier molecular flexibility index (Phi) is 6.94. The predicted octanol–water partition coefficient (Wildman–Crippen LogP) is 7.58. The Balaban J connectivity index is 1.51. The predicted molar refractivity (Wildman–Crippen MR) is 142 cm³/mol. The molecule has 4 heteroatoms. The molecule has 0 aromatic heterocycles. The van der Waals surface area contributed by atoms with E-state index in [0.29, 0.717) is 16.5 Å². The van der Waals surface area contributed by atoms with Gasteiger partial charge in [-0.1, -0.05) is 66.7 Å². The number of rotatable bonds is 8. The van der Waals surface area contributed by atoms with Crippen LogP contribution in [0.4, 0.5) is 5.69 Å². The van der Waals surface area contributed by atoms with Crippen LogP contribution >= 0.6 is 23.5 Å². The van der Waals surface area contributed by atoms with Crippen molar-refractivity contribution in [2.45, 2.75) is 26.3 Å². The highest BCUT2D eigenvalue weighted by atomic mass is 32.2.